The van der Waals surface area contributed by atoms with Gasteiger partial charge in [0, 0.05) is 38.5 Å². The van der Waals surface area contributed by atoms with Crippen LogP contribution in [0.2, 0.25) is 0 Å². The summed E-state index contributed by atoms with van der Waals surface area (Å²) in [5.41, 5.74) is 8.81. The normalized spacial score (nSPS) is 10.7. The Bertz CT molecular complexity index is 590. The average molecular weight is 274 g/mol. The number of rotatable bonds is 5. The molecule has 1 aromatic heterocycles. The molecule has 0 amide bonds. The first kappa shape index (κ1) is 14.4. The summed E-state index contributed by atoms with van der Waals surface area (Å²) in [4.78, 5) is 2.04. The standard InChI is InChI=1S/C15H22N4O/c1-11-14(8-9-16)15(19(4)17-11)20-13-7-5-6-12(10-13)18(2)3/h5-7,10H,8-9,16H2,1-4H3. The zero-order valence-corrected chi connectivity index (χ0v) is 12.6. The van der Waals surface area contributed by atoms with Crippen molar-refractivity contribution < 1.29 is 4.74 Å². The fourth-order valence-corrected chi connectivity index (χ4v) is 2.18. The Hall–Kier alpha value is -2.01. The molecule has 0 aliphatic carbocycles. The smallest absolute Gasteiger partial charge is 0.221 e. The fourth-order valence-electron chi connectivity index (χ4n) is 2.18. The number of aromatic nitrogens is 2. The van der Waals surface area contributed by atoms with Gasteiger partial charge in [0.25, 0.3) is 0 Å². The van der Waals surface area contributed by atoms with Crippen LogP contribution in [0.15, 0.2) is 24.3 Å². The molecule has 5 heteroatoms. The summed E-state index contributed by atoms with van der Waals surface area (Å²) >= 11 is 0. The van der Waals surface area contributed by atoms with Crippen molar-refractivity contribution in [3.8, 4) is 11.6 Å². The fraction of sp³-hybridized carbons (Fsp3) is 0.400. The Morgan fingerprint density at radius 3 is 2.75 bits per heavy atom. The van der Waals surface area contributed by atoms with Crippen molar-refractivity contribution in [1.29, 1.82) is 0 Å². The van der Waals surface area contributed by atoms with Crippen molar-refractivity contribution in [1.82, 2.24) is 9.78 Å². The van der Waals surface area contributed by atoms with Crippen LogP contribution in [0.25, 0.3) is 0 Å². The van der Waals surface area contributed by atoms with Crippen LogP contribution in [0.4, 0.5) is 5.69 Å². The molecule has 1 heterocycles. The number of ether oxygens (including phenoxy) is 1. The van der Waals surface area contributed by atoms with Gasteiger partial charge in [-0.1, -0.05) is 6.07 Å². The van der Waals surface area contributed by atoms with E-state index in [4.69, 9.17) is 10.5 Å². The summed E-state index contributed by atoms with van der Waals surface area (Å²) in [6, 6.07) is 7.98. The van der Waals surface area contributed by atoms with Crippen LogP contribution in [-0.2, 0) is 13.5 Å². The van der Waals surface area contributed by atoms with Gasteiger partial charge in [0.15, 0.2) is 0 Å². The molecule has 5 nitrogen and oxygen atoms in total. The van der Waals surface area contributed by atoms with E-state index in [-0.39, 0.29) is 0 Å². The van der Waals surface area contributed by atoms with E-state index in [2.05, 4.69) is 5.10 Å². The lowest BCUT2D eigenvalue weighted by atomic mass is 10.2. The number of benzene rings is 1. The molecule has 108 valence electrons. The lowest BCUT2D eigenvalue weighted by molar-refractivity contribution is 0.426. The molecule has 20 heavy (non-hydrogen) atoms. The lowest BCUT2D eigenvalue weighted by Crippen LogP contribution is -2.08. The van der Waals surface area contributed by atoms with Gasteiger partial charge in [-0.25, -0.2) is 4.68 Å². The molecule has 2 N–H and O–H groups in total. The predicted octanol–water partition coefficient (Wildman–Crippen LogP) is 2.09. The number of nitrogens with zero attached hydrogens (tertiary/aromatic N) is 3. The Morgan fingerprint density at radius 2 is 2.10 bits per heavy atom. The SMILES string of the molecule is Cc1nn(C)c(Oc2cccc(N(C)C)c2)c1CCN. The van der Waals surface area contributed by atoms with Crippen LogP contribution >= 0.6 is 0 Å². The van der Waals surface area contributed by atoms with Gasteiger partial charge in [-0.2, -0.15) is 5.10 Å². The van der Waals surface area contributed by atoms with E-state index < -0.39 is 0 Å². The Balaban J connectivity index is 2.32. The van der Waals surface area contributed by atoms with Gasteiger partial charge in [0.2, 0.25) is 5.88 Å². The van der Waals surface area contributed by atoms with Gasteiger partial charge < -0.3 is 15.4 Å². The minimum atomic E-state index is 0.584. The Morgan fingerprint density at radius 1 is 1.35 bits per heavy atom. The molecule has 0 bridgehead atoms. The van der Waals surface area contributed by atoms with Gasteiger partial charge in [0.1, 0.15) is 5.75 Å². The summed E-state index contributed by atoms with van der Waals surface area (Å²) in [7, 11) is 5.90. The molecule has 0 radical (unpaired) electrons. The van der Waals surface area contributed by atoms with Crippen LogP contribution < -0.4 is 15.4 Å². The third kappa shape index (κ3) is 2.93. The van der Waals surface area contributed by atoms with E-state index >= 15 is 0 Å². The molecule has 0 aliphatic rings. The monoisotopic (exact) mass is 274 g/mol. The van der Waals surface area contributed by atoms with Crippen LogP contribution in [0, 0.1) is 6.92 Å². The highest BCUT2D eigenvalue weighted by Crippen LogP contribution is 2.29. The van der Waals surface area contributed by atoms with E-state index in [0.717, 1.165) is 35.0 Å². The third-order valence-electron chi connectivity index (χ3n) is 3.23. The van der Waals surface area contributed by atoms with Gasteiger partial charge in [0.05, 0.1) is 5.69 Å². The second kappa shape index (κ2) is 5.96. The Labute approximate surface area is 119 Å². The van der Waals surface area contributed by atoms with Crippen molar-refractivity contribution in [2.75, 3.05) is 25.5 Å². The van der Waals surface area contributed by atoms with Gasteiger partial charge in [-0.3, -0.25) is 0 Å². The summed E-state index contributed by atoms with van der Waals surface area (Å²) in [6.45, 7) is 2.56. The van der Waals surface area contributed by atoms with Gasteiger partial charge >= 0.3 is 0 Å². The minimum Gasteiger partial charge on any atom is -0.439 e. The highest BCUT2D eigenvalue weighted by Gasteiger charge is 2.15. The van der Waals surface area contributed by atoms with Gasteiger partial charge in [-0.05, 0) is 32.0 Å². The summed E-state index contributed by atoms with van der Waals surface area (Å²) in [5.74, 6) is 1.57. The van der Waals surface area contributed by atoms with Crippen molar-refractivity contribution in [3.05, 3.63) is 35.5 Å². The second-order valence-corrected chi connectivity index (χ2v) is 5.03. The molecule has 1 aromatic carbocycles. The third-order valence-corrected chi connectivity index (χ3v) is 3.23. The maximum atomic E-state index is 6.02. The van der Waals surface area contributed by atoms with E-state index in [1.54, 1.807) is 4.68 Å². The number of nitrogens with two attached hydrogens (primary N) is 1. The highest BCUT2D eigenvalue weighted by molar-refractivity contribution is 5.50. The summed E-state index contributed by atoms with van der Waals surface area (Å²) in [5, 5.41) is 4.41. The van der Waals surface area contributed by atoms with Crippen LogP contribution in [0.3, 0.4) is 0 Å². The molecular weight excluding hydrogens is 252 g/mol. The van der Waals surface area contributed by atoms with Crippen LogP contribution in [0.5, 0.6) is 11.6 Å². The number of aryl methyl sites for hydroxylation is 2. The first-order chi connectivity index (χ1) is 9.52. The summed E-state index contributed by atoms with van der Waals surface area (Å²) < 4.78 is 7.79. The zero-order chi connectivity index (χ0) is 14.7. The van der Waals surface area contributed by atoms with E-state index in [0.29, 0.717) is 6.54 Å². The number of hydrogen-bond acceptors (Lipinski definition) is 4. The average Bonchev–Trinajstić information content (AvgIpc) is 2.66. The molecular formula is C15H22N4O. The topological polar surface area (TPSA) is 56.3 Å². The molecule has 0 spiro atoms. The molecule has 0 saturated carbocycles. The largest absolute Gasteiger partial charge is 0.439 e. The number of hydrogen-bond donors (Lipinski definition) is 1. The predicted molar refractivity (Wildman–Crippen MR) is 81.5 cm³/mol. The summed E-state index contributed by atoms with van der Waals surface area (Å²) in [6.07, 6.45) is 0.766. The number of anilines is 1. The maximum Gasteiger partial charge on any atom is 0.221 e. The van der Waals surface area contributed by atoms with E-state index in [1.165, 1.54) is 0 Å². The van der Waals surface area contributed by atoms with Crippen molar-refractivity contribution in [3.63, 3.8) is 0 Å². The molecule has 0 unspecified atom stereocenters. The maximum absolute atomic E-state index is 6.02. The molecule has 0 fully saturated rings. The first-order valence-electron chi connectivity index (χ1n) is 6.70. The molecule has 2 rings (SSSR count). The lowest BCUT2D eigenvalue weighted by Gasteiger charge is -2.14. The van der Waals surface area contributed by atoms with Gasteiger partial charge in [-0.15, -0.1) is 0 Å². The first-order valence-corrected chi connectivity index (χ1v) is 6.70. The van der Waals surface area contributed by atoms with Crippen molar-refractivity contribution >= 4 is 5.69 Å². The molecule has 0 aliphatic heterocycles. The van der Waals surface area contributed by atoms with Crippen molar-refractivity contribution in [2.45, 2.75) is 13.3 Å². The second-order valence-electron chi connectivity index (χ2n) is 5.03. The van der Waals surface area contributed by atoms with Crippen LogP contribution in [-0.4, -0.2) is 30.4 Å². The van der Waals surface area contributed by atoms with Crippen LogP contribution in [0.1, 0.15) is 11.3 Å². The van der Waals surface area contributed by atoms with E-state index in [9.17, 15) is 0 Å². The molecule has 0 atom stereocenters. The van der Waals surface area contributed by atoms with E-state index in [1.807, 2.05) is 57.2 Å². The quantitative estimate of drug-likeness (QED) is 0.907. The van der Waals surface area contributed by atoms with Crippen molar-refractivity contribution in [2.24, 2.45) is 12.8 Å². The zero-order valence-electron chi connectivity index (χ0n) is 12.6. The molecule has 2 aromatic rings. The Kier molecular flexibility index (Phi) is 4.29. The highest BCUT2D eigenvalue weighted by atomic mass is 16.5. The molecule has 0 saturated heterocycles. The minimum absolute atomic E-state index is 0.584.